The predicted octanol–water partition coefficient (Wildman–Crippen LogP) is 0.330. The van der Waals surface area contributed by atoms with E-state index in [1.807, 2.05) is 0 Å². The fraction of sp³-hybridized carbons (Fsp3) is 0.600. The lowest BCUT2D eigenvalue weighted by atomic mass is 10.2. The van der Waals surface area contributed by atoms with Crippen LogP contribution >= 0.6 is 0 Å². The maximum absolute atomic E-state index is 10.6. The second-order valence-electron chi connectivity index (χ2n) is 3.93. The van der Waals surface area contributed by atoms with Gasteiger partial charge in [-0.2, -0.15) is 0 Å². The van der Waals surface area contributed by atoms with Gasteiger partial charge >= 0.3 is 5.97 Å². The number of carbonyl (C=O) groups is 1. The van der Waals surface area contributed by atoms with Crippen LogP contribution in [0, 0.1) is 0 Å². The summed E-state index contributed by atoms with van der Waals surface area (Å²) in [5, 5.41) is 21.3. The zero-order valence-electron chi connectivity index (χ0n) is 8.80. The number of aliphatic hydroxyl groups is 1. The molecule has 0 amide bonds. The first-order valence-electron chi connectivity index (χ1n) is 5.24. The second-order valence-corrected chi connectivity index (χ2v) is 3.93. The fourth-order valence-electron chi connectivity index (χ4n) is 2.00. The summed E-state index contributed by atoms with van der Waals surface area (Å²) in [6.07, 6.45) is 2.02. The van der Waals surface area contributed by atoms with Gasteiger partial charge in [0, 0.05) is 12.1 Å². The van der Waals surface area contributed by atoms with Crippen LogP contribution in [0.2, 0.25) is 0 Å². The van der Waals surface area contributed by atoms with Crippen molar-refractivity contribution in [2.75, 3.05) is 13.2 Å². The molecule has 16 heavy (non-hydrogen) atoms. The molecular weight excluding hydrogens is 212 g/mol. The van der Waals surface area contributed by atoms with Crippen LogP contribution in [0.3, 0.4) is 0 Å². The molecule has 0 spiro atoms. The van der Waals surface area contributed by atoms with E-state index < -0.39 is 5.97 Å². The molecule has 6 nitrogen and oxygen atoms in total. The molecule has 1 saturated heterocycles. The van der Waals surface area contributed by atoms with Gasteiger partial charge in [-0.15, -0.1) is 0 Å². The van der Waals surface area contributed by atoms with Crippen LogP contribution in [0.15, 0.2) is 10.6 Å². The number of nitrogens with zero attached hydrogens (tertiary/aromatic N) is 2. The maximum atomic E-state index is 10.6. The highest BCUT2D eigenvalue weighted by Crippen LogP contribution is 2.19. The summed E-state index contributed by atoms with van der Waals surface area (Å²) < 4.78 is 4.93. The lowest BCUT2D eigenvalue weighted by Gasteiger charge is -2.20. The van der Waals surface area contributed by atoms with Crippen LogP contribution in [0.5, 0.6) is 0 Å². The van der Waals surface area contributed by atoms with Crippen molar-refractivity contribution in [3.05, 3.63) is 17.5 Å². The largest absolute Gasteiger partial charge is 0.476 e. The summed E-state index contributed by atoms with van der Waals surface area (Å²) in [5.41, 5.74) is -0.0743. The highest BCUT2D eigenvalue weighted by molar-refractivity contribution is 5.85. The standard InChI is InChI=1S/C10H14N2O4/c13-6-7-2-1-3-12(7)5-8-4-9(10(14)15)11-16-8/h4,7,13H,1-3,5-6H2,(H,14,15). The van der Waals surface area contributed by atoms with Crippen molar-refractivity contribution in [1.82, 2.24) is 10.1 Å². The van der Waals surface area contributed by atoms with Gasteiger partial charge in [-0.25, -0.2) is 4.79 Å². The molecule has 1 atom stereocenters. The topological polar surface area (TPSA) is 86.8 Å². The average molecular weight is 226 g/mol. The van der Waals surface area contributed by atoms with Gasteiger partial charge in [0.1, 0.15) is 0 Å². The van der Waals surface area contributed by atoms with E-state index in [0.29, 0.717) is 12.3 Å². The van der Waals surface area contributed by atoms with E-state index in [4.69, 9.17) is 14.7 Å². The SMILES string of the molecule is O=C(O)c1cc(CN2CCCC2CO)on1. The minimum absolute atomic E-state index is 0.0743. The minimum Gasteiger partial charge on any atom is -0.476 e. The average Bonchev–Trinajstić information content (AvgIpc) is 2.87. The number of hydrogen-bond acceptors (Lipinski definition) is 5. The molecule has 1 aromatic rings. The van der Waals surface area contributed by atoms with E-state index in [9.17, 15) is 4.79 Å². The number of carboxylic acid groups (broad SMARTS) is 1. The fourth-order valence-corrected chi connectivity index (χ4v) is 2.00. The summed E-state index contributed by atoms with van der Waals surface area (Å²) in [6, 6.07) is 1.58. The molecule has 0 bridgehead atoms. The van der Waals surface area contributed by atoms with E-state index in [0.717, 1.165) is 19.4 Å². The monoisotopic (exact) mass is 226 g/mol. The van der Waals surface area contributed by atoms with Crippen LogP contribution < -0.4 is 0 Å². The molecular formula is C10H14N2O4. The third kappa shape index (κ3) is 2.23. The van der Waals surface area contributed by atoms with Gasteiger partial charge in [-0.1, -0.05) is 5.16 Å². The first kappa shape index (κ1) is 11.1. The first-order chi connectivity index (χ1) is 7.70. The summed E-state index contributed by atoms with van der Waals surface area (Å²) in [5.74, 6) is -0.562. The predicted molar refractivity (Wildman–Crippen MR) is 54.0 cm³/mol. The van der Waals surface area contributed by atoms with Crippen molar-refractivity contribution in [3.63, 3.8) is 0 Å². The third-order valence-electron chi connectivity index (χ3n) is 2.85. The minimum atomic E-state index is -1.09. The van der Waals surface area contributed by atoms with Gasteiger partial charge in [-0.05, 0) is 19.4 Å². The Bertz CT molecular complexity index is 377. The van der Waals surface area contributed by atoms with Crippen molar-refractivity contribution in [2.45, 2.75) is 25.4 Å². The lowest BCUT2D eigenvalue weighted by Crippen LogP contribution is -2.31. The van der Waals surface area contributed by atoms with E-state index in [2.05, 4.69) is 10.1 Å². The zero-order valence-corrected chi connectivity index (χ0v) is 8.80. The number of carboxylic acids is 1. The van der Waals surface area contributed by atoms with Gasteiger partial charge in [-0.3, -0.25) is 4.90 Å². The Kier molecular flexibility index (Phi) is 3.21. The van der Waals surface area contributed by atoms with Crippen LogP contribution in [0.25, 0.3) is 0 Å². The lowest BCUT2D eigenvalue weighted by molar-refractivity contribution is 0.0685. The van der Waals surface area contributed by atoms with E-state index in [1.54, 1.807) is 0 Å². The van der Waals surface area contributed by atoms with Crippen LogP contribution in [-0.2, 0) is 6.54 Å². The van der Waals surface area contributed by atoms with Gasteiger partial charge in [0.15, 0.2) is 11.5 Å². The Balaban J connectivity index is 2.00. The molecule has 0 aromatic carbocycles. The highest BCUT2D eigenvalue weighted by Gasteiger charge is 2.25. The molecule has 0 aliphatic carbocycles. The molecule has 2 N–H and O–H groups in total. The molecule has 1 aromatic heterocycles. The van der Waals surface area contributed by atoms with E-state index >= 15 is 0 Å². The first-order valence-corrected chi connectivity index (χ1v) is 5.24. The summed E-state index contributed by atoms with van der Waals surface area (Å²) in [7, 11) is 0. The molecule has 2 rings (SSSR count). The number of rotatable bonds is 4. The molecule has 0 saturated carbocycles. The van der Waals surface area contributed by atoms with Gasteiger partial charge in [0.25, 0.3) is 0 Å². The van der Waals surface area contributed by atoms with Crippen molar-refractivity contribution < 1.29 is 19.5 Å². The normalized spacial score (nSPS) is 21.4. The van der Waals surface area contributed by atoms with Gasteiger partial charge < -0.3 is 14.7 Å². The molecule has 88 valence electrons. The van der Waals surface area contributed by atoms with E-state index in [1.165, 1.54) is 6.07 Å². The molecule has 1 unspecified atom stereocenters. The Labute approximate surface area is 92.5 Å². The molecule has 1 aliphatic rings. The third-order valence-corrected chi connectivity index (χ3v) is 2.85. The Morgan fingerprint density at radius 1 is 1.69 bits per heavy atom. The van der Waals surface area contributed by atoms with Crippen molar-refractivity contribution >= 4 is 5.97 Å². The smallest absolute Gasteiger partial charge is 0.358 e. The van der Waals surface area contributed by atoms with Crippen LogP contribution in [0.1, 0.15) is 29.1 Å². The van der Waals surface area contributed by atoms with E-state index in [-0.39, 0.29) is 18.3 Å². The summed E-state index contributed by atoms with van der Waals surface area (Å²) >= 11 is 0. The van der Waals surface area contributed by atoms with Crippen LogP contribution in [0.4, 0.5) is 0 Å². The Morgan fingerprint density at radius 3 is 3.12 bits per heavy atom. The molecule has 1 fully saturated rings. The van der Waals surface area contributed by atoms with Crippen molar-refractivity contribution in [1.29, 1.82) is 0 Å². The quantitative estimate of drug-likeness (QED) is 0.769. The summed E-state index contributed by atoms with van der Waals surface area (Å²) in [6.45, 7) is 1.53. The molecule has 2 heterocycles. The molecule has 0 radical (unpaired) electrons. The van der Waals surface area contributed by atoms with Gasteiger partial charge in [0.2, 0.25) is 0 Å². The van der Waals surface area contributed by atoms with Crippen molar-refractivity contribution in [3.8, 4) is 0 Å². The number of aliphatic hydroxyl groups excluding tert-OH is 1. The highest BCUT2D eigenvalue weighted by atomic mass is 16.5. The Hall–Kier alpha value is -1.40. The Morgan fingerprint density at radius 2 is 2.50 bits per heavy atom. The number of aromatic carboxylic acids is 1. The zero-order chi connectivity index (χ0) is 11.5. The van der Waals surface area contributed by atoms with Crippen molar-refractivity contribution in [2.24, 2.45) is 0 Å². The maximum Gasteiger partial charge on any atom is 0.358 e. The summed E-state index contributed by atoms with van der Waals surface area (Å²) in [4.78, 5) is 12.7. The van der Waals surface area contributed by atoms with Crippen LogP contribution in [-0.4, -0.2) is 45.4 Å². The number of aromatic nitrogens is 1. The number of hydrogen-bond donors (Lipinski definition) is 2. The second kappa shape index (κ2) is 4.63. The molecule has 1 aliphatic heterocycles. The number of likely N-dealkylation sites (tertiary alicyclic amines) is 1. The molecule has 6 heteroatoms. The van der Waals surface area contributed by atoms with Gasteiger partial charge in [0.05, 0.1) is 13.2 Å².